The number of amides is 1. The van der Waals surface area contributed by atoms with Crippen LogP contribution in [0.15, 0.2) is 58.8 Å². The molecule has 0 aliphatic rings. The first-order chi connectivity index (χ1) is 14.8. The van der Waals surface area contributed by atoms with Crippen LogP contribution in [0, 0.1) is 6.92 Å². The van der Waals surface area contributed by atoms with Crippen LogP contribution in [0.25, 0.3) is 11.4 Å². The summed E-state index contributed by atoms with van der Waals surface area (Å²) in [7, 11) is 0. The van der Waals surface area contributed by atoms with Crippen molar-refractivity contribution in [3.05, 3.63) is 65.2 Å². The van der Waals surface area contributed by atoms with Crippen LogP contribution in [-0.4, -0.2) is 32.6 Å². The summed E-state index contributed by atoms with van der Waals surface area (Å²) in [6.07, 6.45) is 1.66. The van der Waals surface area contributed by atoms with Crippen molar-refractivity contribution in [3.63, 3.8) is 0 Å². The summed E-state index contributed by atoms with van der Waals surface area (Å²) in [6, 6.07) is 16.3. The Hall–Kier alpha value is -2.93. The second kappa shape index (κ2) is 9.92. The lowest BCUT2D eigenvalue weighted by atomic mass is 9.87. The van der Waals surface area contributed by atoms with E-state index in [1.807, 2.05) is 42.7 Å². The molecule has 2 aromatic carbocycles. The van der Waals surface area contributed by atoms with Crippen LogP contribution in [0.5, 0.6) is 0 Å². The highest BCUT2D eigenvalue weighted by molar-refractivity contribution is 7.99. The predicted molar refractivity (Wildman–Crippen MR) is 127 cm³/mol. The maximum absolute atomic E-state index is 12.2. The molecule has 0 aliphatic carbocycles. The largest absolute Gasteiger partial charge is 0.302 e. The Bertz CT molecular complexity index is 1060. The normalized spacial score (nSPS) is 11.8. The summed E-state index contributed by atoms with van der Waals surface area (Å²) in [6.45, 7) is 11.4. The van der Waals surface area contributed by atoms with Gasteiger partial charge >= 0.3 is 0 Å². The number of nitrogens with zero attached hydrogens (tertiary/aromatic N) is 4. The molecule has 7 heteroatoms. The highest BCUT2D eigenvalue weighted by atomic mass is 32.2. The number of nitrogens with one attached hydrogen (secondary N) is 1. The van der Waals surface area contributed by atoms with E-state index in [2.05, 4.69) is 65.8 Å². The zero-order valence-corrected chi connectivity index (χ0v) is 19.5. The van der Waals surface area contributed by atoms with Crippen molar-refractivity contribution < 1.29 is 4.79 Å². The fourth-order valence-electron chi connectivity index (χ4n) is 3.08. The third kappa shape index (κ3) is 5.82. The second-order valence-corrected chi connectivity index (χ2v) is 9.26. The number of carbonyl (C=O) groups excluding carboxylic acids is 1. The van der Waals surface area contributed by atoms with Crippen LogP contribution in [0.2, 0.25) is 0 Å². The average molecular weight is 436 g/mol. The van der Waals surface area contributed by atoms with Crippen LogP contribution in [0.4, 0.5) is 0 Å². The van der Waals surface area contributed by atoms with Gasteiger partial charge in [-0.05, 0) is 36.0 Å². The van der Waals surface area contributed by atoms with Gasteiger partial charge in [0.1, 0.15) is 0 Å². The van der Waals surface area contributed by atoms with Gasteiger partial charge in [0.05, 0.1) is 12.0 Å². The SMILES string of the molecule is CCn1c(SCC(=O)NN=Cc2ccccc2C)nnc1-c1ccc(C(C)(C)C)cc1. The summed E-state index contributed by atoms with van der Waals surface area (Å²) in [5.74, 6) is 0.839. The van der Waals surface area contributed by atoms with Crippen molar-refractivity contribution in [2.24, 2.45) is 5.10 Å². The van der Waals surface area contributed by atoms with Gasteiger partial charge in [-0.15, -0.1) is 10.2 Å². The van der Waals surface area contributed by atoms with Gasteiger partial charge in [0.25, 0.3) is 5.91 Å². The maximum Gasteiger partial charge on any atom is 0.250 e. The zero-order valence-electron chi connectivity index (χ0n) is 18.7. The molecule has 0 aliphatic heterocycles. The van der Waals surface area contributed by atoms with Crippen molar-refractivity contribution >= 4 is 23.9 Å². The minimum atomic E-state index is -0.184. The molecule has 1 amide bonds. The van der Waals surface area contributed by atoms with Gasteiger partial charge in [-0.25, -0.2) is 5.43 Å². The third-order valence-electron chi connectivity index (χ3n) is 4.96. The number of aromatic nitrogens is 3. The summed E-state index contributed by atoms with van der Waals surface area (Å²) in [4.78, 5) is 12.2. The van der Waals surface area contributed by atoms with Crippen LogP contribution < -0.4 is 5.43 Å². The smallest absolute Gasteiger partial charge is 0.250 e. The monoisotopic (exact) mass is 435 g/mol. The Morgan fingerprint density at radius 3 is 2.48 bits per heavy atom. The van der Waals surface area contributed by atoms with E-state index in [0.29, 0.717) is 0 Å². The Kier molecular flexibility index (Phi) is 7.28. The lowest BCUT2D eigenvalue weighted by Gasteiger charge is -2.19. The minimum Gasteiger partial charge on any atom is -0.302 e. The van der Waals surface area contributed by atoms with E-state index >= 15 is 0 Å². The molecule has 0 fully saturated rings. The van der Waals surface area contributed by atoms with Gasteiger partial charge in [-0.1, -0.05) is 81.1 Å². The van der Waals surface area contributed by atoms with Crippen molar-refractivity contribution in [1.82, 2.24) is 20.2 Å². The first-order valence-electron chi connectivity index (χ1n) is 10.3. The Balaban J connectivity index is 1.63. The number of rotatable bonds is 7. The summed E-state index contributed by atoms with van der Waals surface area (Å²) < 4.78 is 2.03. The van der Waals surface area contributed by atoms with Crippen LogP contribution in [0.1, 0.15) is 44.4 Å². The van der Waals surface area contributed by atoms with Crippen molar-refractivity contribution in [3.8, 4) is 11.4 Å². The Morgan fingerprint density at radius 2 is 1.84 bits per heavy atom. The molecule has 1 heterocycles. The lowest BCUT2D eigenvalue weighted by Crippen LogP contribution is -2.20. The highest BCUT2D eigenvalue weighted by Crippen LogP contribution is 2.27. The number of carbonyl (C=O) groups is 1. The van der Waals surface area contributed by atoms with E-state index in [0.717, 1.165) is 34.2 Å². The van der Waals surface area contributed by atoms with E-state index in [-0.39, 0.29) is 17.1 Å². The predicted octanol–water partition coefficient (Wildman–Crippen LogP) is 4.81. The molecular formula is C24H29N5OS. The van der Waals surface area contributed by atoms with Gasteiger partial charge in [0, 0.05) is 12.1 Å². The van der Waals surface area contributed by atoms with E-state index in [1.165, 1.54) is 17.3 Å². The Labute approximate surface area is 188 Å². The van der Waals surface area contributed by atoms with Gasteiger partial charge in [0.15, 0.2) is 11.0 Å². The standard InChI is InChI=1S/C24H29N5OS/c1-6-29-22(18-11-13-20(14-12-18)24(3,4)5)27-28-23(29)31-16-21(30)26-25-15-19-10-8-7-9-17(19)2/h7-15H,6,16H2,1-5H3,(H,26,30). The van der Waals surface area contributed by atoms with E-state index < -0.39 is 0 Å². The molecule has 162 valence electrons. The molecule has 3 rings (SSSR count). The average Bonchev–Trinajstić information content (AvgIpc) is 3.16. The molecule has 0 radical (unpaired) electrons. The fourth-order valence-corrected chi connectivity index (χ4v) is 3.88. The summed E-state index contributed by atoms with van der Waals surface area (Å²) >= 11 is 1.36. The van der Waals surface area contributed by atoms with E-state index in [4.69, 9.17) is 0 Å². The zero-order chi connectivity index (χ0) is 22.4. The lowest BCUT2D eigenvalue weighted by molar-refractivity contribution is -0.118. The fraction of sp³-hybridized carbons (Fsp3) is 0.333. The minimum absolute atomic E-state index is 0.104. The summed E-state index contributed by atoms with van der Waals surface area (Å²) in [5, 5.41) is 13.4. The molecular weight excluding hydrogens is 406 g/mol. The second-order valence-electron chi connectivity index (χ2n) is 8.32. The van der Waals surface area contributed by atoms with Crippen LogP contribution in [-0.2, 0) is 16.8 Å². The quantitative estimate of drug-likeness (QED) is 0.328. The molecule has 1 N–H and O–H groups in total. The topological polar surface area (TPSA) is 72.2 Å². The van der Waals surface area contributed by atoms with Gasteiger partial charge in [-0.2, -0.15) is 5.10 Å². The van der Waals surface area contributed by atoms with Gasteiger partial charge in [0.2, 0.25) is 0 Å². The molecule has 0 bridgehead atoms. The highest BCUT2D eigenvalue weighted by Gasteiger charge is 2.17. The van der Waals surface area contributed by atoms with Crippen molar-refractivity contribution in [1.29, 1.82) is 0 Å². The van der Waals surface area contributed by atoms with Crippen LogP contribution in [0.3, 0.4) is 0 Å². The molecule has 0 saturated heterocycles. The molecule has 31 heavy (non-hydrogen) atoms. The molecule has 0 atom stereocenters. The number of hydrogen-bond donors (Lipinski definition) is 1. The molecule has 0 unspecified atom stereocenters. The number of aryl methyl sites for hydroxylation is 1. The molecule has 0 saturated carbocycles. The van der Waals surface area contributed by atoms with Crippen molar-refractivity contribution in [2.45, 2.75) is 51.7 Å². The number of hydrazone groups is 1. The maximum atomic E-state index is 12.2. The first kappa shape index (κ1) is 22.7. The first-order valence-corrected chi connectivity index (χ1v) is 11.3. The molecule has 1 aromatic heterocycles. The molecule has 0 spiro atoms. The Morgan fingerprint density at radius 1 is 1.13 bits per heavy atom. The van der Waals surface area contributed by atoms with Gasteiger partial charge < -0.3 is 4.57 Å². The number of benzene rings is 2. The summed E-state index contributed by atoms with van der Waals surface area (Å²) in [5.41, 5.74) is 7.05. The van der Waals surface area contributed by atoms with E-state index in [9.17, 15) is 4.79 Å². The van der Waals surface area contributed by atoms with E-state index in [1.54, 1.807) is 6.21 Å². The number of thioether (sulfide) groups is 1. The van der Waals surface area contributed by atoms with Crippen molar-refractivity contribution in [2.75, 3.05) is 5.75 Å². The molecule has 6 nitrogen and oxygen atoms in total. The number of hydrogen-bond acceptors (Lipinski definition) is 5. The molecule has 3 aromatic rings. The third-order valence-corrected chi connectivity index (χ3v) is 5.92. The van der Waals surface area contributed by atoms with Gasteiger partial charge in [-0.3, -0.25) is 4.79 Å². The van der Waals surface area contributed by atoms with Crippen LogP contribution >= 0.6 is 11.8 Å².